The van der Waals surface area contributed by atoms with Crippen LogP contribution in [0.25, 0.3) is 10.2 Å². The highest BCUT2D eigenvalue weighted by atomic mass is 35.5. The number of rotatable bonds is 6. The van der Waals surface area contributed by atoms with Gasteiger partial charge in [-0.2, -0.15) is 0 Å². The minimum Gasteiger partial charge on any atom is -0.343 e. The van der Waals surface area contributed by atoms with Gasteiger partial charge in [0.1, 0.15) is 0 Å². The molecule has 170 valence electrons. The van der Waals surface area contributed by atoms with Gasteiger partial charge in [-0.05, 0) is 62.1 Å². The number of nitrogens with one attached hydrogen (secondary N) is 1. The molecule has 4 rings (SSSR count). The van der Waals surface area contributed by atoms with Crippen molar-refractivity contribution in [1.29, 1.82) is 0 Å². The molecule has 1 fully saturated rings. The van der Waals surface area contributed by atoms with Crippen LogP contribution in [0.3, 0.4) is 0 Å². The molecule has 32 heavy (non-hydrogen) atoms. The van der Waals surface area contributed by atoms with Gasteiger partial charge in [0.25, 0.3) is 10.0 Å². The van der Waals surface area contributed by atoms with Gasteiger partial charge in [0.15, 0.2) is 0 Å². The molecule has 1 aliphatic heterocycles. The van der Waals surface area contributed by atoms with Crippen LogP contribution in [-0.2, 0) is 21.4 Å². The number of carbonyl (C=O) groups is 1. The number of piperidine rings is 1. The Kier molecular flexibility index (Phi) is 6.60. The second-order valence-electron chi connectivity index (χ2n) is 7.86. The van der Waals surface area contributed by atoms with Crippen molar-refractivity contribution in [2.75, 3.05) is 17.8 Å². The fourth-order valence-electron chi connectivity index (χ4n) is 3.86. The maximum Gasteiger partial charge on any atom is 0.308 e. The van der Waals surface area contributed by atoms with Gasteiger partial charge < -0.3 is 4.90 Å². The van der Waals surface area contributed by atoms with E-state index in [-0.39, 0.29) is 28.6 Å². The zero-order chi connectivity index (χ0) is 22.9. The average molecular weight is 494 g/mol. The number of amides is 1. The first-order valence-electron chi connectivity index (χ1n) is 10.5. The molecule has 0 saturated carbocycles. The Morgan fingerprint density at radius 2 is 1.91 bits per heavy atom. The average Bonchev–Trinajstić information content (AvgIpc) is 3.10. The number of hydrogen-bond donors (Lipinski definition) is 1. The van der Waals surface area contributed by atoms with Gasteiger partial charge in [-0.3, -0.25) is 18.9 Å². The summed E-state index contributed by atoms with van der Waals surface area (Å²) in [6.45, 7) is 3.57. The molecule has 1 aromatic heterocycles. The molecule has 2 aromatic carbocycles. The van der Waals surface area contributed by atoms with Gasteiger partial charge in [0, 0.05) is 31.1 Å². The number of nitrogens with zero attached hydrogens (tertiary/aromatic N) is 2. The Balaban J connectivity index is 1.55. The standard InChI is InChI=1S/C22H24ClN3O4S2/c1-15-17(23)6-5-7-18(15)24-32(29,30)16-8-9-19-20(14-16)31-22(28)26(19)13-10-21(27)25-11-3-2-4-12-25/h5-9,14,24H,2-4,10-13H2,1H3. The second-order valence-corrected chi connectivity index (χ2v) is 10.9. The van der Waals surface area contributed by atoms with E-state index in [4.69, 9.17) is 11.6 Å². The van der Waals surface area contributed by atoms with Crippen LogP contribution in [0.4, 0.5) is 5.69 Å². The Labute approximate surface area is 195 Å². The number of fused-ring (bicyclic) bond motifs is 1. The summed E-state index contributed by atoms with van der Waals surface area (Å²) in [5, 5.41) is 0.468. The molecule has 10 heteroatoms. The first-order chi connectivity index (χ1) is 15.3. The van der Waals surface area contributed by atoms with Crippen molar-refractivity contribution in [3.05, 3.63) is 56.7 Å². The summed E-state index contributed by atoms with van der Waals surface area (Å²) >= 11 is 7.07. The van der Waals surface area contributed by atoms with Crippen LogP contribution in [0.5, 0.6) is 0 Å². The molecule has 1 aliphatic rings. The normalized spacial score (nSPS) is 14.6. The molecule has 1 N–H and O–H groups in total. The van der Waals surface area contributed by atoms with Gasteiger partial charge in [-0.15, -0.1) is 0 Å². The first kappa shape index (κ1) is 22.8. The summed E-state index contributed by atoms with van der Waals surface area (Å²) in [4.78, 5) is 26.7. The number of aryl methyl sites for hydroxylation is 1. The van der Waals surface area contributed by atoms with Crippen LogP contribution < -0.4 is 9.60 Å². The van der Waals surface area contributed by atoms with E-state index in [0.717, 1.165) is 43.7 Å². The third-order valence-corrected chi connectivity index (χ3v) is 8.43. The van der Waals surface area contributed by atoms with E-state index in [1.165, 1.54) is 12.1 Å². The predicted octanol–water partition coefficient (Wildman–Crippen LogP) is 4.23. The van der Waals surface area contributed by atoms with Crippen LogP contribution >= 0.6 is 22.9 Å². The number of aromatic nitrogens is 1. The molecule has 0 aliphatic carbocycles. The summed E-state index contributed by atoms with van der Waals surface area (Å²) < 4.78 is 30.5. The van der Waals surface area contributed by atoms with Crippen molar-refractivity contribution in [3.8, 4) is 0 Å². The van der Waals surface area contributed by atoms with Crippen LogP contribution in [-0.4, -0.2) is 36.9 Å². The van der Waals surface area contributed by atoms with Crippen molar-refractivity contribution >= 4 is 54.8 Å². The van der Waals surface area contributed by atoms with Gasteiger partial charge in [-0.1, -0.05) is 29.0 Å². The highest BCUT2D eigenvalue weighted by Gasteiger charge is 2.20. The lowest BCUT2D eigenvalue weighted by Crippen LogP contribution is -2.36. The molecule has 0 radical (unpaired) electrons. The van der Waals surface area contributed by atoms with Crippen LogP contribution in [0, 0.1) is 6.92 Å². The van der Waals surface area contributed by atoms with Gasteiger partial charge in [-0.25, -0.2) is 8.42 Å². The number of carbonyl (C=O) groups excluding carboxylic acids is 1. The first-order valence-corrected chi connectivity index (χ1v) is 13.1. The zero-order valence-corrected chi connectivity index (χ0v) is 20.0. The zero-order valence-electron chi connectivity index (χ0n) is 17.6. The van der Waals surface area contributed by atoms with E-state index in [2.05, 4.69) is 4.72 Å². The number of halogens is 1. The molecule has 1 saturated heterocycles. The molecular weight excluding hydrogens is 470 g/mol. The quantitative estimate of drug-likeness (QED) is 0.556. The number of hydrogen-bond acceptors (Lipinski definition) is 5. The molecule has 1 amide bonds. The summed E-state index contributed by atoms with van der Waals surface area (Å²) in [5.74, 6) is 0.0521. The van der Waals surface area contributed by atoms with Crippen molar-refractivity contribution in [1.82, 2.24) is 9.47 Å². The number of likely N-dealkylation sites (tertiary alicyclic amines) is 1. The molecule has 0 atom stereocenters. The fourth-order valence-corrected chi connectivity index (χ4v) is 6.21. The van der Waals surface area contributed by atoms with Crippen LogP contribution in [0.15, 0.2) is 46.1 Å². The molecule has 0 unspecified atom stereocenters. The minimum atomic E-state index is -3.86. The number of anilines is 1. The molecule has 7 nitrogen and oxygen atoms in total. The summed E-state index contributed by atoms with van der Waals surface area (Å²) in [7, 11) is -3.86. The topological polar surface area (TPSA) is 88.5 Å². The highest BCUT2D eigenvalue weighted by Crippen LogP contribution is 2.27. The monoisotopic (exact) mass is 493 g/mol. The van der Waals surface area contributed by atoms with Crippen molar-refractivity contribution < 1.29 is 13.2 Å². The number of thiazole rings is 1. The Morgan fingerprint density at radius 1 is 1.16 bits per heavy atom. The third-order valence-electron chi connectivity index (χ3n) is 5.72. The molecular formula is C22H24ClN3O4S2. The highest BCUT2D eigenvalue weighted by molar-refractivity contribution is 7.92. The van der Waals surface area contributed by atoms with Crippen molar-refractivity contribution in [2.45, 2.75) is 44.0 Å². The number of benzene rings is 2. The van der Waals surface area contributed by atoms with E-state index in [9.17, 15) is 18.0 Å². The third kappa shape index (κ3) is 4.69. The largest absolute Gasteiger partial charge is 0.343 e. The van der Waals surface area contributed by atoms with Gasteiger partial charge in [0.2, 0.25) is 5.91 Å². The second kappa shape index (κ2) is 9.25. The maximum absolute atomic E-state index is 12.9. The van der Waals surface area contributed by atoms with Crippen LogP contribution in [0.2, 0.25) is 5.02 Å². The lowest BCUT2D eigenvalue weighted by atomic mass is 10.1. The molecule has 0 spiro atoms. The van der Waals surface area contributed by atoms with E-state index < -0.39 is 10.0 Å². The van der Waals surface area contributed by atoms with Gasteiger partial charge >= 0.3 is 4.87 Å². The summed E-state index contributed by atoms with van der Waals surface area (Å²) in [5.41, 5.74) is 1.66. The minimum absolute atomic E-state index is 0.0521. The SMILES string of the molecule is Cc1c(Cl)cccc1NS(=O)(=O)c1ccc2c(c1)sc(=O)n2CCC(=O)N1CCCCC1. The Morgan fingerprint density at radius 3 is 2.66 bits per heavy atom. The Hall–Kier alpha value is -2.36. The number of sulfonamides is 1. The molecule has 0 bridgehead atoms. The molecule has 3 aromatic rings. The van der Waals surface area contributed by atoms with E-state index >= 15 is 0 Å². The Bertz CT molecular complexity index is 1320. The maximum atomic E-state index is 12.9. The van der Waals surface area contributed by atoms with Crippen LogP contribution in [0.1, 0.15) is 31.2 Å². The smallest absolute Gasteiger partial charge is 0.308 e. The van der Waals surface area contributed by atoms with Crippen molar-refractivity contribution in [3.63, 3.8) is 0 Å². The van der Waals surface area contributed by atoms with E-state index in [0.29, 0.717) is 26.5 Å². The predicted molar refractivity (Wildman–Crippen MR) is 128 cm³/mol. The van der Waals surface area contributed by atoms with Gasteiger partial charge in [0.05, 0.1) is 20.8 Å². The fraction of sp³-hybridized carbons (Fsp3) is 0.364. The summed E-state index contributed by atoms with van der Waals surface area (Å²) in [6, 6.07) is 9.60. The lowest BCUT2D eigenvalue weighted by molar-refractivity contribution is -0.132. The van der Waals surface area contributed by atoms with Crippen molar-refractivity contribution in [2.24, 2.45) is 0 Å². The van der Waals surface area contributed by atoms with E-state index in [1.807, 2.05) is 4.90 Å². The molecule has 2 heterocycles. The summed E-state index contributed by atoms with van der Waals surface area (Å²) in [6.07, 6.45) is 3.44. The lowest BCUT2D eigenvalue weighted by Gasteiger charge is -2.26. The van der Waals surface area contributed by atoms with E-state index in [1.54, 1.807) is 35.8 Å².